The fraction of sp³-hybridized carbons (Fsp3) is 0.133. The van der Waals surface area contributed by atoms with Crippen molar-refractivity contribution in [2.45, 2.75) is 4.83 Å². The van der Waals surface area contributed by atoms with Gasteiger partial charge >= 0.3 is 0 Å². The van der Waals surface area contributed by atoms with Gasteiger partial charge in [0.15, 0.2) is 6.61 Å². The van der Waals surface area contributed by atoms with Crippen molar-refractivity contribution in [2.75, 3.05) is 11.9 Å². The van der Waals surface area contributed by atoms with E-state index in [-0.39, 0.29) is 12.5 Å². The molecule has 1 heterocycles. The molecule has 0 fully saturated rings. The van der Waals surface area contributed by atoms with E-state index in [2.05, 4.69) is 21.2 Å². The lowest BCUT2D eigenvalue weighted by molar-refractivity contribution is -0.118. The molecule has 0 radical (unpaired) electrons. The van der Waals surface area contributed by atoms with Gasteiger partial charge in [-0.05, 0) is 23.8 Å². The Morgan fingerprint density at radius 2 is 2.00 bits per heavy atom. The standard InChI is InChI=1S/C15H10BrF2NO2/c16-15(10-3-2-9(17)6-11(10)18)8-1-4-13-12(5-8)19-14(20)7-21-13/h1-6,15H,7H2,(H,19,20). The van der Waals surface area contributed by atoms with Gasteiger partial charge in [-0.25, -0.2) is 8.78 Å². The van der Waals surface area contributed by atoms with E-state index in [4.69, 9.17) is 4.74 Å². The molecule has 108 valence electrons. The first-order chi connectivity index (χ1) is 10.0. The topological polar surface area (TPSA) is 38.3 Å². The summed E-state index contributed by atoms with van der Waals surface area (Å²) in [6.45, 7) is -0.0172. The molecule has 1 aliphatic rings. The molecule has 3 rings (SSSR count). The zero-order chi connectivity index (χ0) is 15.0. The van der Waals surface area contributed by atoms with Gasteiger partial charge < -0.3 is 10.1 Å². The largest absolute Gasteiger partial charge is 0.482 e. The van der Waals surface area contributed by atoms with Crippen LogP contribution in [-0.4, -0.2) is 12.5 Å². The fourth-order valence-electron chi connectivity index (χ4n) is 2.14. The van der Waals surface area contributed by atoms with Crippen LogP contribution in [-0.2, 0) is 4.79 Å². The Morgan fingerprint density at radius 1 is 1.19 bits per heavy atom. The summed E-state index contributed by atoms with van der Waals surface area (Å²) in [6.07, 6.45) is 0. The Labute approximate surface area is 128 Å². The first kappa shape index (κ1) is 14.0. The minimum atomic E-state index is -0.630. The summed E-state index contributed by atoms with van der Waals surface area (Å²) in [5.41, 5.74) is 1.58. The van der Waals surface area contributed by atoms with E-state index in [0.29, 0.717) is 17.0 Å². The quantitative estimate of drug-likeness (QED) is 0.834. The summed E-state index contributed by atoms with van der Waals surface area (Å²) < 4.78 is 32.0. The molecule has 1 amide bonds. The first-order valence-corrected chi connectivity index (χ1v) is 7.12. The lowest BCUT2D eigenvalue weighted by Gasteiger charge is -2.20. The number of halogens is 3. The Hall–Kier alpha value is -1.95. The van der Waals surface area contributed by atoms with Gasteiger partial charge in [0, 0.05) is 11.6 Å². The molecule has 1 N–H and O–H groups in total. The third-order valence-electron chi connectivity index (χ3n) is 3.16. The molecule has 0 aromatic heterocycles. The zero-order valence-electron chi connectivity index (χ0n) is 10.7. The first-order valence-electron chi connectivity index (χ1n) is 6.20. The van der Waals surface area contributed by atoms with E-state index < -0.39 is 16.5 Å². The van der Waals surface area contributed by atoms with Crippen LogP contribution in [0, 0.1) is 11.6 Å². The molecule has 0 saturated heterocycles. The summed E-state index contributed by atoms with van der Waals surface area (Å²) in [6, 6.07) is 8.61. The second-order valence-electron chi connectivity index (χ2n) is 4.62. The number of hydrogen-bond acceptors (Lipinski definition) is 2. The minimum absolute atomic E-state index is 0.0172. The van der Waals surface area contributed by atoms with Gasteiger partial charge in [0.25, 0.3) is 5.91 Å². The highest BCUT2D eigenvalue weighted by Crippen LogP contribution is 2.37. The normalized spacial score (nSPS) is 14.9. The number of rotatable bonds is 2. The minimum Gasteiger partial charge on any atom is -0.482 e. The number of fused-ring (bicyclic) bond motifs is 1. The van der Waals surface area contributed by atoms with Crippen LogP contribution < -0.4 is 10.1 Å². The van der Waals surface area contributed by atoms with E-state index in [9.17, 15) is 13.6 Å². The predicted octanol–water partition coefficient (Wildman–Crippen LogP) is 3.78. The number of amides is 1. The highest BCUT2D eigenvalue weighted by atomic mass is 79.9. The van der Waals surface area contributed by atoms with E-state index in [0.717, 1.165) is 11.6 Å². The highest BCUT2D eigenvalue weighted by molar-refractivity contribution is 9.09. The van der Waals surface area contributed by atoms with Crippen molar-refractivity contribution in [3.8, 4) is 5.75 Å². The molecule has 1 atom stereocenters. The number of anilines is 1. The van der Waals surface area contributed by atoms with E-state index >= 15 is 0 Å². The summed E-state index contributed by atoms with van der Waals surface area (Å²) in [5, 5.41) is 2.69. The van der Waals surface area contributed by atoms with Gasteiger partial charge in [0.05, 0.1) is 10.5 Å². The van der Waals surface area contributed by atoms with E-state index in [1.54, 1.807) is 18.2 Å². The van der Waals surface area contributed by atoms with Crippen LogP contribution in [0.1, 0.15) is 16.0 Å². The van der Waals surface area contributed by atoms with Gasteiger partial charge in [0.1, 0.15) is 17.4 Å². The van der Waals surface area contributed by atoms with Crippen molar-refractivity contribution in [1.82, 2.24) is 0 Å². The molecular weight excluding hydrogens is 344 g/mol. The summed E-state index contributed by atoms with van der Waals surface area (Å²) in [7, 11) is 0. The van der Waals surface area contributed by atoms with Gasteiger partial charge in [-0.1, -0.05) is 28.1 Å². The third-order valence-corrected chi connectivity index (χ3v) is 4.19. The molecule has 1 aliphatic heterocycles. The molecule has 2 aromatic carbocycles. The number of carbonyl (C=O) groups excluding carboxylic acids is 1. The molecule has 0 saturated carbocycles. The monoisotopic (exact) mass is 353 g/mol. The van der Waals surface area contributed by atoms with E-state index in [1.165, 1.54) is 12.1 Å². The number of ether oxygens (including phenoxy) is 1. The average molecular weight is 354 g/mol. The summed E-state index contributed by atoms with van der Waals surface area (Å²) >= 11 is 3.40. The van der Waals surface area contributed by atoms with Gasteiger partial charge in [0.2, 0.25) is 0 Å². The fourth-order valence-corrected chi connectivity index (χ4v) is 2.80. The molecule has 0 aliphatic carbocycles. The SMILES string of the molecule is O=C1COc2ccc(C(Br)c3ccc(F)cc3F)cc2N1. The van der Waals surface area contributed by atoms with Gasteiger partial charge in [-0.3, -0.25) is 4.79 Å². The van der Waals surface area contributed by atoms with Crippen LogP contribution >= 0.6 is 15.9 Å². The highest BCUT2D eigenvalue weighted by Gasteiger charge is 2.20. The Kier molecular flexibility index (Phi) is 3.63. The maximum absolute atomic E-state index is 13.8. The second-order valence-corrected chi connectivity index (χ2v) is 5.54. The van der Waals surface area contributed by atoms with Crippen LogP contribution in [0.25, 0.3) is 0 Å². The Balaban J connectivity index is 1.96. The number of benzene rings is 2. The maximum Gasteiger partial charge on any atom is 0.262 e. The summed E-state index contributed by atoms with van der Waals surface area (Å²) in [5.74, 6) is -0.923. The van der Waals surface area contributed by atoms with Crippen LogP contribution in [0.3, 0.4) is 0 Å². The van der Waals surface area contributed by atoms with Crippen molar-refractivity contribution >= 4 is 27.5 Å². The van der Waals surface area contributed by atoms with Crippen LogP contribution in [0.2, 0.25) is 0 Å². The average Bonchev–Trinajstić information content (AvgIpc) is 2.46. The predicted molar refractivity (Wildman–Crippen MR) is 77.7 cm³/mol. The third kappa shape index (κ3) is 2.76. The van der Waals surface area contributed by atoms with Crippen molar-refractivity contribution in [3.05, 3.63) is 59.2 Å². The molecular formula is C15H10BrF2NO2. The molecule has 1 unspecified atom stereocenters. The van der Waals surface area contributed by atoms with Crippen molar-refractivity contribution in [3.63, 3.8) is 0 Å². The number of carbonyl (C=O) groups is 1. The van der Waals surface area contributed by atoms with Gasteiger partial charge in [-0.2, -0.15) is 0 Å². The maximum atomic E-state index is 13.8. The zero-order valence-corrected chi connectivity index (χ0v) is 12.3. The molecule has 0 bridgehead atoms. The molecule has 6 heteroatoms. The molecule has 0 spiro atoms. The smallest absolute Gasteiger partial charge is 0.262 e. The second kappa shape index (κ2) is 5.44. The van der Waals surface area contributed by atoms with E-state index in [1.807, 2.05) is 0 Å². The Bertz CT molecular complexity index is 721. The van der Waals surface area contributed by atoms with Crippen molar-refractivity contribution in [1.29, 1.82) is 0 Å². The van der Waals surface area contributed by atoms with Crippen LogP contribution in [0.5, 0.6) is 5.75 Å². The summed E-state index contributed by atoms with van der Waals surface area (Å²) in [4.78, 5) is 10.9. The lowest BCUT2D eigenvalue weighted by Crippen LogP contribution is -2.25. The lowest BCUT2D eigenvalue weighted by atomic mass is 10.0. The number of hydrogen-bond donors (Lipinski definition) is 1. The van der Waals surface area contributed by atoms with Crippen molar-refractivity contribution < 1.29 is 18.3 Å². The molecule has 2 aromatic rings. The van der Waals surface area contributed by atoms with Gasteiger partial charge in [-0.15, -0.1) is 0 Å². The van der Waals surface area contributed by atoms with Crippen LogP contribution in [0.15, 0.2) is 36.4 Å². The Morgan fingerprint density at radius 3 is 2.76 bits per heavy atom. The molecule has 21 heavy (non-hydrogen) atoms. The molecule has 3 nitrogen and oxygen atoms in total. The van der Waals surface area contributed by atoms with Crippen molar-refractivity contribution in [2.24, 2.45) is 0 Å². The van der Waals surface area contributed by atoms with Crippen LogP contribution in [0.4, 0.5) is 14.5 Å². The number of nitrogens with one attached hydrogen (secondary N) is 1. The number of alkyl halides is 1.